The summed E-state index contributed by atoms with van der Waals surface area (Å²) in [5.41, 5.74) is 1.15. The third kappa shape index (κ3) is 2.02. The third-order valence-electron chi connectivity index (χ3n) is 3.78. The molecule has 2 saturated heterocycles. The lowest BCUT2D eigenvalue weighted by Crippen LogP contribution is -2.62. The molecule has 0 saturated carbocycles. The minimum Gasteiger partial charge on any atom is -0.494 e. The Bertz CT molecular complexity index is 426. The molecule has 2 aliphatic heterocycles. The first-order chi connectivity index (χ1) is 8.28. The fraction of sp³-hybridized carbons (Fsp3) is 0.583. The number of halogens is 1. The second kappa shape index (κ2) is 4.46. The van der Waals surface area contributed by atoms with Gasteiger partial charge >= 0.3 is 0 Å². The van der Waals surface area contributed by atoms with E-state index >= 15 is 0 Å². The van der Waals surface area contributed by atoms with Gasteiger partial charge in [0.1, 0.15) is 4.60 Å². The number of methoxy groups -OCH3 is 1. The number of hydrogen-bond acceptors (Lipinski definition) is 4. The van der Waals surface area contributed by atoms with Crippen LogP contribution in [0.1, 0.15) is 6.42 Å². The molecule has 0 aliphatic carbocycles. The molecular formula is C12H16BrN3O. The predicted molar refractivity (Wildman–Crippen MR) is 70.6 cm³/mol. The molecule has 1 aromatic rings. The van der Waals surface area contributed by atoms with Crippen LogP contribution < -0.4 is 15.0 Å². The largest absolute Gasteiger partial charge is 0.494 e. The minimum absolute atomic E-state index is 0.665. The summed E-state index contributed by atoms with van der Waals surface area (Å²) in [7, 11) is 1.67. The summed E-state index contributed by atoms with van der Waals surface area (Å²) in [6.45, 7) is 3.40. The van der Waals surface area contributed by atoms with E-state index in [9.17, 15) is 0 Å². The number of piperidine rings is 1. The van der Waals surface area contributed by atoms with Crippen molar-refractivity contribution in [3.8, 4) is 5.75 Å². The number of aromatic nitrogens is 1. The van der Waals surface area contributed by atoms with Crippen LogP contribution in [-0.2, 0) is 0 Å². The Kier molecular flexibility index (Phi) is 2.96. The average Bonchev–Trinajstić information content (AvgIpc) is 2.32. The van der Waals surface area contributed by atoms with Crippen molar-refractivity contribution < 1.29 is 4.74 Å². The molecular weight excluding hydrogens is 282 g/mol. The van der Waals surface area contributed by atoms with Crippen molar-refractivity contribution >= 4 is 21.6 Å². The summed E-state index contributed by atoms with van der Waals surface area (Å²) in [6.07, 6.45) is 3.18. The topological polar surface area (TPSA) is 37.4 Å². The molecule has 2 aliphatic rings. The minimum atomic E-state index is 0.665. The third-order valence-corrected chi connectivity index (χ3v) is 4.37. The molecule has 0 spiro atoms. The highest BCUT2D eigenvalue weighted by Crippen LogP contribution is 2.31. The Labute approximate surface area is 109 Å². The summed E-state index contributed by atoms with van der Waals surface area (Å²) in [4.78, 5) is 6.70. The van der Waals surface area contributed by atoms with Gasteiger partial charge in [-0.3, -0.25) is 0 Å². The van der Waals surface area contributed by atoms with E-state index in [-0.39, 0.29) is 0 Å². The zero-order valence-corrected chi connectivity index (χ0v) is 11.4. The average molecular weight is 298 g/mol. The zero-order valence-electron chi connectivity index (χ0n) is 9.82. The smallest absolute Gasteiger partial charge is 0.153 e. The number of nitrogens with zero attached hydrogens (tertiary/aromatic N) is 2. The molecule has 0 radical (unpaired) electrons. The van der Waals surface area contributed by atoms with Crippen molar-refractivity contribution in [2.75, 3.05) is 31.6 Å². The van der Waals surface area contributed by atoms with Gasteiger partial charge in [-0.2, -0.15) is 0 Å². The van der Waals surface area contributed by atoms with Crippen LogP contribution in [0.5, 0.6) is 5.75 Å². The van der Waals surface area contributed by atoms with Crippen LogP contribution in [0.25, 0.3) is 0 Å². The zero-order chi connectivity index (χ0) is 11.8. The van der Waals surface area contributed by atoms with Crippen molar-refractivity contribution in [2.24, 2.45) is 5.92 Å². The Morgan fingerprint density at radius 2 is 2.47 bits per heavy atom. The van der Waals surface area contributed by atoms with Gasteiger partial charge in [-0.15, -0.1) is 0 Å². The number of fused-ring (bicyclic) bond motifs is 1. The highest BCUT2D eigenvalue weighted by Gasteiger charge is 2.35. The van der Waals surface area contributed by atoms with Crippen molar-refractivity contribution in [1.82, 2.24) is 10.3 Å². The van der Waals surface area contributed by atoms with Gasteiger partial charge in [0.2, 0.25) is 0 Å². The second-order valence-corrected chi connectivity index (χ2v) is 5.45. The number of pyridine rings is 1. The maximum atomic E-state index is 5.29. The summed E-state index contributed by atoms with van der Waals surface area (Å²) >= 11 is 3.38. The van der Waals surface area contributed by atoms with Crippen LogP contribution >= 0.6 is 15.9 Å². The van der Waals surface area contributed by atoms with E-state index < -0.39 is 0 Å². The molecule has 3 rings (SSSR count). The molecule has 5 heteroatoms. The van der Waals surface area contributed by atoms with Crippen LogP contribution in [0.4, 0.5) is 5.69 Å². The number of ether oxygens (including phenoxy) is 1. The Morgan fingerprint density at radius 3 is 3.12 bits per heavy atom. The molecule has 3 heterocycles. The van der Waals surface area contributed by atoms with Crippen LogP contribution in [-0.4, -0.2) is 37.8 Å². The lowest BCUT2D eigenvalue weighted by molar-refractivity contribution is 0.197. The van der Waals surface area contributed by atoms with Crippen molar-refractivity contribution in [3.63, 3.8) is 0 Å². The van der Waals surface area contributed by atoms with E-state index in [2.05, 4.69) is 37.2 Å². The Balaban J connectivity index is 1.79. The number of rotatable bonds is 2. The lowest BCUT2D eigenvalue weighted by atomic mass is 9.85. The molecule has 1 aromatic heterocycles. The van der Waals surface area contributed by atoms with Crippen molar-refractivity contribution in [2.45, 2.75) is 12.5 Å². The van der Waals surface area contributed by atoms with Crippen LogP contribution in [0.2, 0.25) is 0 Å². The number of nitrogens with one attached hydrogen (secondary N) is 1. The van der Waals surface area contributed by atoms with Gasteiger partial charge in [-0.1, -0.05) is 0 Å². The van der Waals surface area contributed by atoms with Crippen molar-refractivity contribution in [3.05, 3.63) is 16.9 Å². The van der Waals surface area contributed by atoms with E-state index in [1.165, 1.54) is 13.0 Å². The molecule has 92 valence electrons. The SMILES string of the molecule is COc1cc(N2CC[C@H]3CN[C@H]3C2)cnc1Br. The molecule has 2 fully saturated rings. The molecule has 1 N–H and O–H groups in total. The summed E-state index contributed by atoms with van der Waals surface area (Å²) < 4.78 is 6.05. The first-order valence-electron chi connectivity index (χ1n) is 5.96. The van der Waals surface area contributed by atoms with Crippen molar-refractivity contribution in [1.29, 1.82) is 0 Å². The quantitative estimate of drug-likeness (QED) is 0.843. The lowest BCUT2D eigenvalue weighted by Gasteiger charge is -2.47. The standard InChI is InChI=1S/C12H16BrN3O/c1-17-11-4-9(6-15-12(11)13)16-3-2-8-5-14-10(8)7-16/h4,6,8,10,14H,2-3,5,7H2,1H3/t8-,10-/m0/s1. The van der Waals surface area contributed by atoms with E-state index in [1.807, 2.05) is 6.20 Å². The summed E-state index contributed by atoms with van der Waals surface area (Å²) in [5.74, 6) is 1.68. The molecule has 17 heavy (non-hydrogen) atoms. The molecule has 4 nitrogen and oxygen atoms in total. The Morgan fingerprint density at radius 1 is 1.59 bits per heavy atom. The molecule has 0 unspecified atom stereocenters. The van der Waals surface area contributed by atoms with Gasteiger partial charge in [0.05, 0.1) is 19.0 Å². The van der Waals surface area contributed by atoms with E-state index in [4.69, 9.17) is 4.74 Å². The number of anilines is 1. The molecule has 0 bridgehead atoms. The highest BCUT2D eigenvalue weighted by atomic mass is 79.9. The Hall–Kier alpha value is -0.810. The molecule has 0 amide bonds. The van der Waals surface area contributed by atoms with Gasteiger partial charge in [-0.05, 0) is 34.8 Å². The predicted octanol–water partition coefficient (Wildman–Crippen LogP) is 1.65. The van der Waals surface area contributed by atoms with E-state index in [0.717, 1.165) is 35.0 Å². The normalized spacial score (nSPS) is 27.3. The fourth-order valence-corrected chi connectivity index (χ4v) is 2.97. The summed E-state index contributed by atoms with van der Waals surface area (Å²) in [5, 5.41) is 3.48. The van der Waals surface area contributed by atoms with Gasteiger partial charge in [0.15, 0.2) is 5.75 Å². The van der Waals surface area contributed by atoms with Crippen LogP contribution in [0.15, 0.2) is 16.9 Å². The van der Waals surface area contributed by atoms with Gasteiger partial charge in [-0.25, -0.2) is 4.98 Å². The number of hydrogen-bond donors (Lipinski definition) is 1. The highest BCUT2D eigenvalue weighted by molar-refractivity contribution is 9.10. The maximum Gasteiger partial charge on any atom is 0.153 e. The van der Waals surface area contributed by atoms with Crippen LogP contribution in [0, 0.1) is 5.92 Å². The van der Waals surface area contributed by atoms with Gasteiger partial charge in [0, 0.05) is 25.2 Å². The van der Waals surface area contributed by atoms with Gasteiger partial charge in [0.25, 0.3) is 0 Å². The van der Waals surface area contributed by atoms with E-state index in [0.29, 0.717) is 6.04 Å². The van der Waals surface area contributed by atoms with Gasteiger partial charge < -0.3 is 15.0 Å². The first kappa shape index (κ1) is 11.3. The fourth-order valence-electron chi connectivity index (χ4n) is 2.59. The summed E-state index contributed by atoms with van der Waals surface area (Å²) in [6, 6.07) is 2.72. The van der Waals surface area contributed by atoms with E-state index in [1.54, 1.807) is 7.11 Å². The molecule has 0 aromatic carbocycles. The monoisotopic (exact) mass is 297 g/mol. The second-order valence-electron chi connectivity index (χ2n) is 4.70. The first-order valence-corrected chi connectivity index (χ1v) is 6.75. The maximum absolute atomic E-state index is 5.29. The van der Waals surface area contributed by atoms with Crippen LogP contribution in [0.3, 0.4) is 0 Å². The molecule has 2 atom stereocenters.